The molecule has 0 bridgehead atoms. The van der Waals surface area contributed by atoms with Crippen LogP contribution in [-0.2, 0) is 0 Å². The van der Waals surface area contributed by atoms with Gasteiger partial charge in [-0.25, -0.2) is 0 Å². The van der Waals surface area contributed by atoms with Crippen LogP contribution in [0.5, 0.6) is 0 Å². The minimum Gasteiger partial charge on any atom is -0.317 e. The highest BCUT2D eigenvalue weighted by atomic mass is 15.2. The molecule has 56 heavy (non-hydrogen) atoms. The van der Waals surface area contributed by atoms with Gasteiger partial charge in [0.1, 0.15) is 0 Å². The summed E-state index contributed by atoms with van der Waals surface area (Å²) in [7, 11) is 0. The zero-order chi connectivity index (χ0) is 39.1. The summed E-state index contributed by atoms with van der Waals surface area (Å²) >= 11 is 0. The molecule has 0 aliphatic carbocycles. The zero-order valence-electron chi connectivity index (χ0n) is 36.9. The molecule has 0 aromatic heterocycles. The second-order valence-corrected chi connectivity index (χ2v) is 17.0. The Morgan fingerprint density at radius 2 is 0.357 bits per heavy atom. The molecule has 0 amide bonds. The molecular formula is C44H96N12. The van der Waals surface area contributed by atoms with E-state index < -0.39 is 0 Å². The number of nitrogens with zero attached hydrogens (tertiary/aromatic N) is 4. The van der Waals surface area contributed by atoms with Crippen LogP contribution in [0.25, 0.3) is 0 Å². The van der Waals surface area contributed by atoms with E-state index in [2.05, 4.69) is 62.1 Å². The molecule has 0 unspecified atom stereocenters. The van der Waals surface area contributed by atoms with Crippen molar-refractivity contribution in [1.29, 1.82) is 0 Å². The van der Waals surface area contributed by atoms with Gasteiger partial charge in [-0.15, -0.1) is 0 Å². The van der Waals surface area contributed by atoms with Crippen LogP contribution in [0.15, 0.2) is 0 Å². The summed E-state index contributed by atoms with van der Waals surface area (Å²) in [6.45, 7) is 33.2. The highest BCUT2D eigenvalue weighted by Crippen LogP contribution is 2.04. The summed E-state index contributed by atoms with van der Waals surface area (Å²) < 4.78 is 0. The second-order valence-electron chi connectivity index (χ2n) is 17.0. The van der Waals surface area contributed by atoms with Gasteiger partial charge in [0, 0.05) is 0 Å². The molecule has 3 heterocycles. The molecule has 3 saturated heterocycles. The van der Waals surface area contributed by atoms with E-state index in [4.69, 9.17) is 0 Å². The summed E-state index contributed by atoms with van der Waals surface area (Å²) in [5.74, 6) is 0. The molecule has 0 saturated carbocycles. The van der Waals surface area contributed by atoms with Crippen LogP contribution in [0.2, 0.25) is 0 Å². The quantitative estimate of drug-likeness (QED) is 0.185. The molecule has 0 aromatic carbocycles. The van der Waals surface area contributed by atoms with Crippen molar-refractivity contribution in [3.05, 3.63) is 0 Å². The number of hydrogen-bond donors (Lipinski definition) is 8. The van der Waals surface area contributed by atoms with E-state index in [0.717, 1.165) is 105 Å². The average Bonchev–Trinajstić information content (AvgIpc) is 3.19. The van der Waals surface area contributed by atoms with E-state index in [9.17, 15) is 0 Å². The molecule has 332 valence electrons. The van der Waals surface area contributed by atoms with Crippen LogP contribution in [0.4, 0.5) is 0 Å². The first-order valence-corrected chi connectivity index (χ1v) is 24.5. The fourth-order valence-corrected chi connectivity index (χ4v) is 8.48. The highest BCUT2D eigenvalue weighted by molar-refractivity contribution is 4.69. The third kappa shape index (κ3) is 30.5. The van der Waals surface area contributed by atoms with E-state index in [-0.39, 0.29) is 0 Å². The molecular weight excluding hydrogens is 697 g/mol. The van der Waals surface area contributed by atoms with Crippen molar-refractivity contribution >= 4 is 0 Å². The monoisotopic (exact) mass is 793 g/mol. The van der Waals surface area contributed by atoms with Crippen molar-refractivity contribution < 1.29 is 0 Å². The van der Waals surface area contributed by atoms with Crippen molar-refractivity contribution in [3.8, 4) is 0 Å². The Kier molecular flexibility index (Phi) is 34.5. The summed E-state index contributed by atoms with van der Waals surface area (Å²) in [6.07, 6.45) is 20.2. The predicted molar refractivity (Wildman–Crippen MR) is 243 cm³/mol. The smallest absolute Gasteiger partial charge is 0.000653 e. The van der Waals surface area contributed by atoms with Crippen LogP contribution < -0.4 is 42.5 Å². The van der Waals surface area contributed by atoms with Gasteiger partial charge in [-0.2, -0.15) is 0 Å². The van der Waals surface area contributed by atoms with Gasteiger partial charge in [-0.1, -0.05) is 0 Å². The lowest BCUT2D eigenvalue weighted by Crippen LogP contribution is -2.36. The van der Waals surface area contributed by atoms with E-state index in [0.29, 0.717) is 0 Å². The first-order valence-electron chi connectivity index (χ1n) is 24.5. The van der Waals surface area contributed by atoms with Gasteiger partial charge in [0.05, 0.1) is 0 Å². The maximum atomic E-state index is 3.77. The topological polar surface area (TPSA) is 109 Å². The molecule has 0 radical (unpaired) electrons. The van der Waals surface area contributed by atoms with E-state index >= 15 is 0 Å². The van der Waals surface area contributed by atoms with Crippen molar-refractivity contribution in [1.82, 2.24) is 62.1 Å². The van der Waals surface area contributed by atoms with Gasteiger partial charge in [-0.3, -0.25) is 0 Å². The van der Waals surface area contributed by atoms with Gasteiger partial charge in [0.15, 0.2) is 0 Å². The zero-order valence-corrected chi connectivity index (χ0v) is 36.9. The molecule has 0 atom stereocenters. The number of rotatable bonds is 8. The average molecular weight is 793 g/mol. The van der Waals surface area contributed by atoms with Gasteiger partial charge in [0.2, 0.25) is 0 Å². The Hall–Kier alpha value is -0.480. The summed E-state index contributed by atoms with van der Waals surface area (Å²) in [5.41, 5.74) is 0. The Morgan fingerprint density at radius 3 is 0.554 bits per heavy atom. The molecule has 3 fully saturated rings. The molecule has 12 nitrogen and oxygen atoms in total. The highest BCUT2D eigenvalue weighted by Gasteiger charge is 2.11. The molecule has 0 aromatic rings. The van der Waals surface area contributed by atoms with Crippen molar-refractivity contribution in [3.63, 3.8) is 0 Å². The Labute approximate surface area is 347 Å². The lowest BCUT2D eigenvalue weighted by Gasteiger charge is -2.26. The summed E-state index contributed by atoms with van der Waals surface area (Å²) in [6, 6.07) is 0. The normalized spacial score (nSPS) is 24.9. The van der Waals surface area contributed by atoms with Crippen LogP contribution >= 0.6 is 0 Å². The van der Waals surface area contributed by atoms with Gasteiger partial charge >= 0.3 is 0 Å². The summed E-state index contributed by atoms with van der Waals surface area (Å²) in [5, 5.41) is 29.6. The van der Waals surface area contributed by atoms with Crippen molar-refractivity contribution in [2.24, 2.45) is 0 Å². The molecule has 3 aliphatic rings. The number of hydrogen-bond acceptors (Lipinski definition) is 12. The molecule has 3 aliphatic heterocycles. The SMILES string of the molecule is C1CCNCCCN(CCCN2CCCNCCCNCCC2)CCCNCCCCNCCCN(CCCN2CCCNCCCNCCC2)CCCNC1. The van der Waals surface area contributed by atoms with Crippen LogP contribution in [0.3, 0.4) is 0 Å². The lowest BCUT2D eigenvalue weighted by atomic mass is 10.2. The Bertz CT molecular complexity index is 694. The maximum Gasteiger partial charge on any atom is -0.000653 e. The van der Waals surface area contributed by atoms with Crippen LogP contribution in [0.1, 0.15) is 103 Å². The fourth-order valence-electron chi connectivity index (χ4n) is 8.48. The fraction of sp³-hybridized carbons (Fsp3) is 1.00. The molecule has 8 N–H and O–H groups in total. The van der Waals surface area contributed by atoms with Gasteiger partial charge in [0.25, 0.3) is 0 Å². The largest absolute Gasteiger partial charge is 0.317 e. The van der Waals surface area contributed by atoms with Crippen LogP contribution in [0, 0.1) is 0 Å². The minimum atomic E-state index is 1.14. The van der Waals surface area contributed by atoms with E-state index in [1.807, 2.05) is 0 Å². The third-order valence-electron chi connectivity index (χ3n) is 11.8. The van der Waals surface area contributed by atoms with Crippen molar-refractivity contribution in [2.75, 3.05) is 183 Å². The van der Waals surface area contributed by atoms with Crippen molar-refractivity contribution in [2.45, 2.75) is 103 Å². The van der Waals surface area contributed by atoms with Gasteiger partial charge < -0.3 is 62.1 Å². The van der Waals surface area contributed by atoms with Gasteiger partial charge in [-0.05, 0) is 286 Å². The van der Waals surface area contributed by atoms with Crippen LogP contribution in [-0.4, -0.2) is 203 Å². The standard InChI is InChI=1S/C44H96N12/c1-2-18-46-26-8-34-54(42-16-44-56-39-13-31-51-23-6-24-52-32-14-40-56)36-10-28-48-20-4-3-19-47-27-9-35-53(33-7-25-45-17-1)41-15-43-55-37-11-29-49-21-5-22-50-30-12-38-55/h45-52H,1-44H2. The predicted octanol–water partition coefficient (Wildman–Crippen LogP) is 2.19. The van der Waals surface area contributed by atoms with E-state index in [1.54, 1.807) is 0 Å². The molecule has 3 rings (SSSR count). The third-order valence-corrected chi connectivity index (χ3v) is 11.8. The lowest BCUT2D eigenvalue weighted by molar-refractivity contribution is 0.218. The first kappa shape index (κ1) is 49.9. The first-order chi connectivity index (χ1) is 27.9. The number of nitrogens with one attached hydrogen (secondary N) is 8. The second kappa shape index (κ2) is 38.7. The molecule has 12 heteroatoms. The minimum absolute atomic E-state index is 1.14. The van der Waals surface area contributed by atoms with E-state index in [1.165, 1.54) is 181 Å². The Balaban J connectivity index is 1.33. The maximum absolute atomic E-state index is 3.77. The summed E-state index contributed by atoms with van der Waals surface area (Å²) in [4.78, 5) is 11.0. The Morgan fingerprint density at radius 1 is 0.196 bits per heavy atom. The molecule has 0 spiro atoms.